The number of methoxy groups -OCH3 is 2. The lowest BCUT2D eigenvalue weighted by Gasteiger charge is -2.09. The molecule has 1 heterocycles. The maximum atomic E-state index is 11.9. The molecule has 2 rings (SSSR count). The van der Waals surface area contributed by atoms with Crippen molar-refractivity contribution in [3.63, 3.8) is 0 Å². The third kappa shape index (κ3) is 3.27. The monoisotopic (exact) mass is 278 g/mol. The number of benzene rings is 1. The van der Waals surface area contributed by atoms with E-state index in [2.05, 4.69) is 10.5 Å². The highest BCUT2D eigenvalue weighted by atomic mass is 16.6. The first kappa shape index (κ1) is 14.3. The van der Waals surface area contributed by atoms with Crippen LogP contribution in [0.15, 0.2) is 29.4 Å². The predicted molar refractivity (Wildman–Crippen MR) is 73.9 cm³/mol. The molecule has 0 saturated heterocycles. The van der Waals surface area contributed by atoms with Crippen LogP contribution in [0.1, 0.15) is 12.0 Å². The molecule has 1 amide bonds. The zero-order valence-corrected chi connectivity index (χ0v) is 11.6. The van der Waals surface area contributed by atoms with Crippen molar-refractivity contribution >= 4 is 11.6 Å². The Hall–Kier alpha value is -2.08. The number of nitrogens with zero attached hydrogens (tertiary/aromatic N) is 1. The fraction of sp³-hybridized carbons (Fsp3) is 0.429. The maximum absolute atomic E-state index is 11.9. The van der Waals surface area contributed by atoms with E-state index >= 15 is 0 Å². The molecule has 0 aromatic heterocycles. The Morgan fingerprint density at radius 2 is 2.25 bits per heavy atom. The first-order valence-electron chi connectivity index (χ1n) is 6.39. The predicted octanol–water partition coefficient (Wildman–Crippen LogP) is 0.951. The lowest BCUT2D eigenvalue weighted by molar-refractivity contribution is -0.131. The molecule has 1 N–H and O–H groups in total. The first-order chi connectivity index (χ1) is 9.76. The molecular weight excluding hydrogens is 260 g/mol. The number of para-hydroxylation sites is 1. The first-order valence-corrected chi connectivity index (χ1v) is 6.39. The maximum Gasteiger partial charge on any atom is 0.264 e. The molecule has 0 unspecified atom stereocenters. The largest absolute Gasteiger partial charge is 0.496 e. The van der Waals surface area contributed by atoms with Crippen molar-refractivity contribution < 1.29 is 19.1 Å². The van der Waals surface area contributed by atoms with Gasteiger partial charge < -0.3 is 19.6 Å². The molecule has 1 aliphatic rings. The molecule has 0 spiro atoms. The van der Waals surface area contributed by atoms with Crippen LogP contribution in [0.3, 0.4) is 0 Å². The van der Waals surface area contributed by atoms with E-state index in [-0.39, 0.29) is 5.91 Å². The SMILES string of the molecule is COCCNC(=O)[C@@H]1CC(c2ccccc2OC)=NO1. The van der Waals surface area contributed by atoms with E-state index in [1.54, 1.807) is 14.2 Å². The van der Waals surface area contributed by atoms with Crippen molar-refractivity contribution in [3.8, 4) is 5.75 Å². The third-order valence-corrected chi connectivity index (χ3v) is 2.98. The molecule has 0 aliphatic carbocycles. The highest BCUT2D eigenvalue weighted by Crippen LogP contribution is 2.24. The summed E-state index contributed by atoms with van der Waals surface area (Å²) in [6, 6.07) is 7.52. The molecule has 0 radical (unpaired) electrons. The molecule has 1 aromatic carbocycles. The van der Waals surface area contributed by atoms with E-state index in [0.29, 0.717) is 25.3 Å². The van der Waals surface area contributed by atoms with E-state index < -0.39 is 6.10 Å². The summed E-state index contributed by atoms with van der Waals surface area (Å²) in [7, 11) is 3.19. The molecule has 0 fully saturated rings. The zero-order valence-electron chi connectivity index (χ0n) is 11.6. The topological polar surface area (TPSA) is 69.2 Å². The van der Waals surface area contributed by atoms with Gasteiger partial charge in [0.25, 0.3) is 5.91 Å². The molecule has 1 aliphatic heterocycles. The smallest absolute Gasteiger partial charge is 0.264 e. The van der Waals surface area contributed by atoms with Crippen LogP contribution in [0, 0.1) is 0 Å². The Morgan fingerprint density at radius 1 is 1.45 bits per heavy atom. The number of nitrogens with one attached hydrogen (secondary N) is 1. The van der Waals surface area contributed by atoms with Gasteiger partial charge in [-0.1, -0.05) is 17.3 Å². The van der Waals surface area contributed by atoms with E-state index in [1.807, 2.05) is 24.3 Å². The van der Waals surface area contributed by atoms with Gasteiger partial charge in [0.2, 0.25) is 6.10 Å². The summed E-state index contributed by atoms with van der Waals surface area (Å²) in [4.78, 5) is 17.0. The number of ether oxygens (including phenoxy) is 2. The summed E-state index contributed by atoms with van der Waals surface area (Å²) in [5.41, 5.74) is 1.57. The fourth-order valence-corrected chi connectivity index (χ4v) is 1.95. The molecule has 0 bridgehead atoms. The number of oxime groups is 1. The van der Waals surface area contributed by atoms with Gasteiger partial charge in [0, 0.05) is 25.6 Å². The molecule has 1 atom stereocenters. The van der Waals surface area contributed by atoms with Crippen molar-refractivity contribution in [2.24, 2.45) is 5.16 Å². The van der Waals surface area contributed by atoms with E-state index in [9.17, 15) is 4.79 Å². The number of hydrogen-bond acceptors (Lipinski definition) is 5. The summed E-state index contributed by atoms with van der Waals surface area (Å²) in [6.45, 7) is 0.928. The number of amides is 1. The second-order valence-corrected chi connectivity index (χ2v) is 4.32. The van der Waals surface area contributed by atoms with Crippen LogP contribution in [0.25, 0.3) is 0 Å². The van der Waals surface area contributed by atoms with Crippen molar-refractivity contribution in [2.75, 3.05) is 27.4 Å². The molecular formula is C14H18N2O4. The molecule has 0 saturated carbocycles. The summed E-state index contributed by atoms with van der Waals surface area (Å²) >= 11 is 0. The lowest BCUT2D eigenvalue weighted by atomic mass is 10.0. The van der Waals surface area contributed by atoms with Crippen LogP contribution >= 0.6 is 0 Å². The van der Waals surface area contributed by atoms with Crippen molar-refractivity contribution in [1.29, 1.82) is 0 Å². The lowest BCUT2D eigenvalue weighted by Crippen LogP contribution is -2.36. The number of carbonyl (C=O) groups is 1. The molecule has 108 valence electrons. The Labute approximate surface area is 117 Å². The Morgan fingerprint density at radius 3 is 3.00 bits per heavy atom. The Kier molecular flexibility index (Phi) is 4.95. The van der Waals surface area contributed by atoms with E-state index in [4.69, 9.17) is 14.3 Å². The van der Waals surface area contributed by atoms with Crippen molar-refractivity contribution in [3.05, 3.63) is 29.8 Å². The third-order valence-electron chi connectivity index (χ3n) is 2.98. The average molecular weight is 278 g/mol. The van der Waals surface area contributed by atoms with Crippen LogP contribution < -0.4 is 10.1 Å². The Bertz CT molecular complexity index is 502. The van der Waals surface area contributed by atoms with Crippen LogP contribution in [-0.4, -0.2) is 45.1 Å². The summed E-state index contributed by atoms with van der Waals surface area (Å²) in [5.74, 6) is 0.533. The quantitative estimate of drug-likeness (QED) is 0.787. The summed E-state index contributed by atoms with van der Waals surface area (Å²) in [5, 5.41) is 6.72. The number of hydrogen-bond donors (Lipinski definition) is 1. The van der Waals surface area contributed by atoms with Gasteiger partial charge in [-0.25, -0.2) is 0 Å². The Balaban J connectivity index is 1.96. The van der Waals surface area contributed by atoms with Gasteiger partial charge in [0.15, 0.2) is 0 Å². The van der Waals surface area contributed by atoms with E-state index in [0.717, 1.165) is 11.3 Å². The van der Waals surface area contributed by atoms with Gasteiger partial charge in [-0.15, -0.1) is 0 Å². The van der Waals surface area contributed by atoms with Crippen LogP contribution in [-0.2, 0) is 14.4 Å². The van der Waals surface area contributed by atoms with Crippen LogP contribution in [0.5, 0.6) is 5.75 Å². The second-order valence-electron chi connectivity index (χ2n) is 4.32. The highest BCUT2D eigenvalue weighted by Gasteiger charge is 2.29. The van der Waals surface area contributed by atoms with Gasteiger partial charge >= 0.3 is 0 Å². The molecule has 6 nitrogen and oxygen atoms in total. The molecule has 20 heavy (non-hydrogen) atoms. The zero-order chi connectivity index (χ0) is 14.4. The van der Waals surface area contributed by atoms with Crippen molar-refractivity contribution in [2.45, 2.75) is 12.5 Å². The van der Waals surface area contributed by atoms with Gasteiger partial charge in [-0.2, -0.15) is 0 Å². The minimum Gasteiger partial charge on any atom is -0.496 e. The van der Waals surface area contributed by atoms with Crippen LogP contribution in [0.4, 0.5) is 0 Å². The van der Waals surface area contributed by atoms with Gasteiger partial charge in [0.1, 0.15) is 5.75 Å². The standard InChI is InChI=1S/C14H18N2O4/c1-18-8-7-15-14(17)13-9-11(16-20-13)10-5-3-4-6-12(10)19-2/h3-6,13H,7-9H2,1-2H3,(H,15,17)/t13-/m0/s1. The fourth-order valence-electron chi connectivity index (χ4n) is 1.95. The van der Waals surface area contributed by atoms with Crippen molar-refractivity contribution in [1.82, 2.24) is 5.32 Å². The second kappa shape index (κ2) is 6.91. The minimum absolute atomic E-state index is 0.185. The van der Waals surface area contributed by atoms with Gasteiger partial charge in [-0.3, -0.25) is 4.79 Å². The summed E-state index contributed by atoms with van der Waals surface area (Å²) < 4.78 is 10.2. The molecule has 1 aromatic rings. The normalized spacial score (nSPS) is 17.3. The molecule has 6 heteroatoms. The number of carbonyl (C=O) groups excluding carboxylic acids is 1. The van der Waals surface area contributed by atoms with Crippen LogP contribution in [0.2, 0.25) is 0 Å². The highest BCUT2D eigenvalue weighted by molar-refractivity contribution is 6.05. The minimum atomic E-state index is -0.591. The summed E-state index contributed by atoms with van der Waals surface area (Å²) in [6.07, 6.45) is -0.161. The van der Waals surface area contributed by atoms with Gasteiger partial charge in [0.05, 0.1) is 19.4 Å². The average Bonchev–Trinajstić information content (AvgIpc) is 2.97. The van der Waals surface area contributed by atoms with E-state index in [1.165, 1.54) is 0 Å². The number of rotatable bonds is 6. The van der Waals surface area contributed by atoms with Gasteiger partial charge in [-0.05, 0) is 12.1 Å².